The monoisotopic (exact) mass is 355 g/mol. The zero-order valence-corrected chi connectivity index (χ0v) is 15.2. The average molecular weight is 355 g/mol. The third kappa shape index (κ3) is 5.07. The molecular weight excluding hydrogens is 329 g/mol. The molecule has 134 valence electrons. The van der Waals surface area contributed by atoms with E-state index < -0.39 is 19.5 Å². The maximum absolute atomic E-state index is 12.8. The molecule has 6 nitrogen and oxygen atoms in total. The summed E-state index contributed by atoms with van der Waals surface area (Å²) in [6, 6.07) is 9.41. The van der Waals surface area contributed by atoms with E-state index in [4.69, 9.17) is 13.8 Å². The van der Waals surface area contributed by atoms with Gasteiger partial charge in [0.05, 0.1) is 0 Å². The number of amides is 1. The summed E-state index contributed by atoms with van der Waals surface area (Å²) in [5, 5.41) is 2.73. The third-order valence-electron chi connectivity index (χ3n) is 4.42. The number of alkyl carbamates (subject to hydrolysis) is 1. The van der Waals surface area contributed by atoms with Crippen molar-refractivity contribution in [1.82, 2.24) is 5.32 Å². The molecule has 1 aliphatic carbocycles. The van der Waals surface area contributed by atoms with Crippen LogP contribution in [0.3, 0.4) is 0 Å². The first-order valence-electron chi connectivity index (χ1n) is 8.27. The molecular formula is C17H26NO5P. The Hall–Kier alpha value is -1.36. The standard InChI is InChI=1S/C17H26NO5P/c1-21-24(20,22-2)16(15-11-7-4-8-12-15)18-17(19)23-13-14-9-5-3-6-10-14/h3,5-6,9-10,15-16H,4,7-8,11-13H2,1-2H3,(H,18,19)/t16-/m1/s1. The summed E-state index contributed by atoms with van der Waals surface area (Å²) in [6.45, 7) is 0.161. The first-order valence-corrected chi connectivity index (χ1v) is 9.88. The molecule has 0 aliphatic heterocycles. The molecule has 0 heterocycles. The average Bonchev–Trinajstić information content (AvgIpc) is 2.65. The highest BCUT2D eigenvalue weighted by Crippen LogP contribution is 2.55. The lowest BCUT2D eigenvalue weighted by Crippen LogP contribution is -2.41. The fourth-order valence-electron chi connectivity index (χ4n) is 3.09. The highest BCUT2D eigenvalue weighted by molar-refractivity contribution is 7.54. The molecule has 1 atom stereocenters. The molecule has 0 radical (unpaired) electrons. The van der Waals surface area contributed by atoms with Crippen LogP contribution >= 0.6 is 7.60 Å². The summed E-state index contributed by atoms with van der Waals surface area (Å²) < 4.78 is 28.4. The lowest BCUT2D eigenvalue weighted by Gasteiger charge is -2.33. The van der Waals surface area contributed by atoms with Crippen LogP contribution in [0.2, 0.25) is 0 Å². The van der Waals surface area contributed by atoms with Gasteiger partial charge < -0.3 is 19.1 Å². The second kappa shape index (κ2) is 9.21. The van der Waals surface area contributed by atoms with Crippen LogP contribution in [0.1, 0.15) is 37.7 Å². The summed E-state index contributed by atoms with van der Waals surface area (Å²) in [5.41, 5.74) is 0.892. The number of benzene rings is 1. The Morgan fingerprint density at radius 3 is 2.38 bits per heavy atom. The molecule has 1 N–H and O–H groups in total. The van der Waals surface area contributed by atoms with Crippen molar-refractivity contribution < 1.29 is 23.1 Å². The molecule has 0 aromatic heterocycles. The predicted octanol–water partition coefficient (Wildman–Crippen LogP) is 4.31. The van der Waals surface area contributed by atoms with Crippen molar-refractivity contribution in [3.8, 4) is 0 Å². The first-order chi connectivity index (χ1) is 11.6. The number of carbonyl (C=O) groups is 1. The molecule has 1 amide bonds. The van der Waals surface area contributed by atoms with Crippen molar-refractivity contribution in [2.45, 2.75) is 44.5 Å². The molecule has 0 saturated heterocycles. The van der Waals surface area contributed by atoms with Gasteiger partial charge in [0.1, 0.15) is 12.4 Å². The van der Waals surface area contributed by atoms with E-state index in [-0.39, 0.29) is 12.5 Å². The van der Waals surface area contributed by atoms with Gasteiger partial charge in [0.25, 0.3) is 0 Å². The zero-order chi connectivity index (χ0) is 17.4. The van der Waals surface area contributed by atoms with Crippen LogP contribution in [0, 0.1) is 5.92 Å². The van der Waals surface area contributed by atoms with Crippen molar-refractivity contribution in [1.29, 1.82) is 0 Å². The summed E-state index contributed by atoms with van der Waals surface area (Å²) in [6.07, 6.45) is 4.43. The van der Waals surface area contributed by atoms with Gasteiger partial charge in [0, 0.05) is 14.2 Å². The van der Waals surface area contributed by atoms with Crippen molar-refractivity contribution in [3.63, 3.8) is 0 Å². The normalized spacial score (nSPS) is 17.2. The number of carbonyl (C=O) groups excluding carboxylic acids is 1. The van der Waals surface area contributed by atoms with Crippen LogP contribution < -0.4 is 5.32 Å². The van der Waals surface area contributed by atoms with Gasteiger partial charge in [-0.1, -0.05) is 49.6 Å². The van der Waals surface area contributed by atoms with Gasteiger partial charge >= 0.3 is 13.7 Å². The summed E-state index contributed by atoms with van der Waals surface area (Å²) >= 11 is 0. The predicted molar refractivity (Wildman–Crippen MR) is 91.8 cm³/mol. The maximum Gasteiger partial charge on any atom is 0.408 e. The lowest BCUT2D eigenvalue weighted by atomic mass is 9.89. The number of rotatable bonds is 7. The maximum atomic E-state index is 12.8. The Labute approximate surface area is 143 Å². The molecule has 1 saturated carbocycles. The Balaban J connectivity index is 2.01. The summed E-state index contributed by atoms with van der Waals surface area (Å²) in [7, 11) is -0.733. The van der Waals surface area contributed by atoms with E-state index in [0.29, 0.717) is 0 Å². The highest BCUT2D eigenvalue weighted by Gasteiger charge is 2.41. The Morgan fingerprint density at radius 1 is 1.17 bits per heavy atom. The van der Waals surface area contributed by atoms with Gasteiger partial charge in [-0.2, -0.15) is 0 Å². The van der Waals surface area contributed by atoms with Crippen molar-refractivity contribution >= 4 is 13.7 Å². The quantitative estimate of drug-likeness (QED) is 0.738. The van der Waals surface area contributed by atoms with E-state index in [1.165, 1.54) is 14.2 Å². The molecule has 2 rings (SSSR count). The second-order valence-corrected chi connectivity index (χ2v) is 8.32. The van der Waals surface area contributed by atoms with Gasteiger partial charge in [-0.3, -0.25) is 4.57 Å². The SMILES string of the molecule is COP(=O)(OC)[C@@H](NC(=O)OCc1ccccc1)C1CCCCC1. The number of hydrogen-bond acceptors (Lipinski definition) is 5. The Morgan fingerprint density at radius 2 is 1.79 bits per heavy atom. The molecule has 0 spiro atoms. The summed E-state index contributed by atoms with van der Waals surface area (Å²) in [4.78, 5) is 12.2. The van der Waals surface area contributed by atoms with Crippen molar-refractivity contribution in [2.75, 3.05) is 14.2 Å². The second-order valence-electron chi connectivity index (χ2n) is 5.95. The topological polar surface area (TPSA) is 73.9 Å². The van der Waals surface area contributed by atoms with E-state index in [1.54, 1.807) is 0 Å². The van der Waals surface area contributed by atoms with Crippen LogP contribution in [-0.2, 0) is 25.0 Å². The fourth-order valence-corrected chi connectivity index (χ4v) is 4.77. The lowest BCUT2D eigenvalue weighted by molar-refractivity contribution is 0.130. The van der Waals surface area contributed by atoms with E-state index in [2.05, 4.69) is 5.32 Å². The molecule has 1 fully saturated rings. The van der Waals surface area contributed by atoms with Gasteiger partial charge in [0.2, 0.25) is 0 Å². The van der Waals surface area contributed by atoms with Crippen LogP contribution in [0.15, 0.2) is 30.3 Å². The molecule has 1 aliphatic rings. The third-order valence-corrected chi connectivity index (χ3v) is 6.67. The molecule has 1 aromatic carbocycles. The number of nitrogens with one attached hydrogen (secondary N) is 1. The van der Waals surface area contributed by atoms with Gasteiger partial charge in [-0.25, -0.2) is 4.79 Å². The first kappa shape index (κ1) is 19.0. The minimum atomic E-state index is -3.42. The van der Waals surface area contributed by atoms with Crippen LogP contribution in [0.4, 0.5) is 4.79 Å². The van der Waals surface area contributed by atoms with E-state index in [0.717, 1.165) is 37.7 Å². The molecule has 1 aromatic rings. The van der Waals surface area contributed by atoms with Crippen LogP contribution in [0.25, 0.3) is 0 Å². The van der Waals surface area contributed by atoms with Gasteiger partial charge in [-0.05, 0) is 24.3 Å². The number of ether oxygens (including phenoxy) is 1. The van der Waals surface area contributed by atoms with Gasteiger partial charge in [0.15, 0.2) is 0 Å². The Bertz CT molecular complexity index is 551. The van der Waals surface area contributed by atoms with Crippen LogP contribution in [0.5, 0.6) is 0 Å². The van der Waals surface area contributed by atoms with E-state index >= 15 is 0 Å². The van der Waals surface area contributed by atoms with E-state index in [1.807, 2.05) is 30.3 Å². The minimum Gasteiger partial charge on any atom is -0.445 e. The highest BCUT2D eigenvalue weighted by atomic mass is 31.2. The van der Waals surface area contributed by atoms with Crippen molar-refractivity contribution in [2.24, 2.45) is 5.92 Å². The van der Waals surface area contributed by atoms with Crippen LogP contribution in [-0.4, -0.2) is 26.1 Å². The Kier molecular flexibility index (Phi) is 7.28. The largest absolute Gasteiger partial charge is 0.445 e. The van der Waals surface area contributed by atoms with Gasteiger partial charge in [-0.15, -0.1) is 0 Å². The summed E-state index contributed by atoms with van der Waals surface area (Å²) in [5.74, 6) is -0.621. The molecule has 0 bridgehead atoms. The smallest absolute Gasteiger partial charge is 0.408 e. The van der Waals surface area contributed by atoms with Crippen molar-refractivity contribution in [3.05, 3.63) is 35.9 Å². The number of hydrogen-bond donors (Lipinski definition) is 1. The fraction of sp³-hybridized carbons (Fsp3) is 0.588. The molecule has 24 heavy (non-hydrogen) atoms. The molecule has 0 unspecified atom stereocenters. The van der Waals surface area contributed by atoms with E-state index in [9.17, 15) is 9.36 Å². The zero-order valence-electron chi connectivity index (χ0n) is 14.3. The minimum absolute atomic E-state index is 0.0637. The molecule has 7 heteroatoms.